The van der Waals surface area contributed by atoms with Crippen molar-refractivity contribution < 1.29 is 9.21 Å². The number of anilines is 1. The van der Waals surface area contributed by atoms with Crippen LogP contribution in [0.3, 0.4) is 0 Å². The van der Waals surface area contributed by atoms with Crippen LogP contribution >= 0.6 is 0 Å². The maximum Gasteiger partial charge on any atom is 0.258 e. The number of allylic oxidation sites excluding steroid dienone is 1. The van der Waals surface area contributed by atoms with Gasteiger partial charge in [-0.15, -0.1) is 0 Å². The smallest absolute Gasteiger partial charge is 0.258 e. The molecule has 1 aromatic heterocycles. The van der Waals surface area contributed by atoms with Crippen molar-refractivity contribution in [2.45, 2.75) is 6.92 Å². The average molecular weight is 269 g/mol. The summed E-state index contributed by atoms with van der Waals surface area (Å²) in [5.41, 5.74) is 4.26. The topological polar surface area (TPSA) is 58.4 Å². The van der Waals surface area contributed by atoms with Gasteiger partial charge in [-0.2, -0.15) is 0 Å². The van der Waals surface area contributed by atoms with Crippen molar-refractivity contribution in [1.29, 1.82) is 0 Å². The van der Waals surface area contributed by atoms with E-state index in [2.05, 4.69) is 10.3 Å². The lowest BCUT2D eigenvalue weighted by Crippen LogP contribution is -2.14. The number of carbonyl (C=O) groups excluding carboxylic acids is 1. The van der Waals surface area contributed by atoms with E-state index >= 15 is 0 Å². The van der Waals surface area contributed by atoms with Crippen molar-refractivity contribution >= 4 is 17.2 Å². The highest BCUT2D eigenvalue weighted by atomic mass is 16.3. The van der Waals surface area contributed by atoms with E-state index in [-0.39, 0.29) is 5.91 Å². The largest absolute Gasteiger partial charge is 0.444 e. The Morgan fingerprint density at radius 2 is 2.15 bits per heavy atom. The van der Waals surface area contributed by atoms with E-state index in [0.29, 0.717) is 11.3 Å². The first-order valence-electron chi connectivity index (χ1n) is 6.31. The molecule has 0 atom stereocenters. The molecule has 0 bridgehead atoms. The zero-order valence-electron chi connectivity index (χ0n) is 11.6. The van der Waals surface area contributed by atoms with Crippen LogP contribution in [0, 0.1) is 0 Å². The fourth-order valence-corrected chi connectivity index (χ4v) is 2.26. The Bertz CT molecular complexity index is 700. The van der Waals surface area contributed by atoms with Gasteiger partial charge in [-0.1, -0.05) is 0 Å². The van der Waals surface area contributed by atoms with Crippen molar-refractivity contribution in [1.82, 2.24) is 9.88 Å². The molecule has 1 aliphatic rings. The van der Waals surface area contributed by atoms with Gasteiger partial charge in [0.05, 0.1) is 11.8 Å². The highest BCUT2D eigenvalue weighted by molar-refractivity contribution is 6.32. The minimum Gasteiger partial charge on any atom is -0.444 e. The molecule has 0 saturated carbocycles. The zero-order valence-corrected chi connectivity index (χ0v) is 11.6. The van der Waals surface area contributed by atoms with E-state index in [9.17, 15) is 4.79 Å². The Labute approximate surface area is 116 Å². The molecule has 2 aromatic rings. The molecule has 102 valence electrons. The molecule has 0 saturated heterocycles. The van der Waals surface area contributed by atoms with Crippen molar-refractivity contribution in [2.24, 2.45) is 0 Å². The number of hydrogen-bond acceptors (Lipinski definition) is 4. The van der Waals surface area contributed by atoms with Crippen molar-refractivity contribution in [2.75, 3.05) is 19.4 Å². The molecule has 2 heterocycles. The van der Waals surface area contributed by atoms with Gasteiger partial charge in [0.15, 0.2) is 12.2 Å². The Hall–Kier alpha value is -2.56. The zero-order chi connectivity index (χ0) is 14.3. The fourth-order valence-electron chi connectivity index (χ4n) is 2.26. The standard InChI is InChI=1S/C15H15N3O2/c1-9(18(2)3)14-11-6-10(13-7-16-8-20-13)4-5-12(11)17-15(14)19/h4-8H,1-3H3,(H,17,19). The SMILES string of the molecule is CC(=C1C(=O)Nc2ccc(-c3cnco3)cc21)N(C)C. The predicted molar refractivity (Wildman–Crippen MR) is 76.8 cm³/mol. The first-order chi connectivity index (χ1) is 9.58. The van der Waals surface area contributed by atoms with E-state index in [1.54, 1.807) is 6.20 Å². The Balaban J connectivity index is 2.16. The van der Waals surface area contributed by atoms with Gasteiger partial charge in [-0.25, -0.2) is 4.98 Å². The molecule has 1 aliphatic heterocycles. The van der Waals surface area contributed by atoms with Gasteiger partial charge in [0, 0.05) is 36.6 Å². The second-order valence-corrected chi connectivity index (χ2v) is 4.94. The number of benzene rings is 1. The van der Waals surface area contributed by atoms with Crippen LogP contribution in [0.1, 0.15) is 12.5 Å². The lowest BCUT2D eigenvalue weighted by atomic mass is 10.0. The van der Waals surface area contributed by atoms with Crippen molar-refractivity contribution in [3.8, 4) is 11.3 Å². The van der Waals surface area contributed by atoms with Gasteiger partial charge in [-0.3, -0.25) is 4.79 Å². The summed E-state index contributed by atoms with van der Waals surface area (Å²) in [5, 5.41) is 2.89. The fraction of sp³-hybridized carbons (Fsp3) is 0.200. The number of nitrogens with one attached hydrogen (secondary N) is 1. The molecule has 0 aliphatic carbocycles. The second-order valence-electron chi connectivity index (χ2n) is 4.94. The van der Waals surface area contributed by atoms with Gasteiger partial charge >= 0.3 is 0 Å². The molecule has 1 amide bonds. The van der Waals surface area contributed by atoms with E-state index in [1.165, 1.54) is 6.39 Å². The number of aromatic nitrogens is 1. The van der Waals surface area contributed by atoms with Crippen molar-refractivity contribution in [3.63, 3.8) is 0 Å². The number of hydrogen-bond donors (Lipinski definition) is 1. The first-order valence-corrected chi connectivity index (χ1v) is 6.31. The van der Waals surface area contributed by atoms with Crippen molar-refractivity contribution in [3.05, 3.63) is 42.1 Å². The summed E-state index contributed by atoms with van der Waals surface area (Å²) in [6.45, 7) is 1.94. The molecule has 20 heavy (non-hydrogen) atoms. The summed E-state index contributed by atoms with van der Waals surface area (Å²) in [6, 6.07) is 5.75. The van der Waals surface area contributed by atoms with Gasteiger partial charge in [0.1, 0.15) is 0 Å². The maximum absolute atomic E-state index is 12.1. The number of amides is 1. The van der Waals surface area contributed by atoms with E-state index in [4.69, 9.17) is 4.42 Å². The molecule has 1 N–H and O–H groups in total. The quantitative estimate of drug-likeness (QED) is 0.851. The summed E-state index contributed by atoms with van der Waals surface area (Å²) in [5.74, 6) is 0.620. The van der Waals surface area contributed by atoms with Gasteiger partial charge < -0.3 is 14.6 Å². The van der Waals surface area contributed by atoms with E-state index in [0.717, 1.165) is 22.5 Å². The minimum absolute atomic E-state index is 0.0686. The van der Waals surface area contributed by atoms with Crippen LogP contribution in [-0.4, -0.2) is 29.9 Å². The van der Waals surface area contributed by atoms with Gasteiger partial charge in [-0.05, 0) is 25.1 Å². The number of nitrogens with zero attached hydrogens (tertiary/aromatic N) is 2. The summed E-state index contributed by atoms with van der Waals surface area (Å²) >= 11 is 0. The second kappa shape index (κ2) is 4.52. The van der Waals surface area contributed by atoms with Crippen LogP contribution in [0.5, 0.6) is 0 Å². The molecule has 0 spiro atoms. The summed E-state index contributed by atoms with van der Waals surface area (Å²) < 4.78 is 5.31. The van der Waals surface area contributed by atoms with E-state index < -0.39 is 0 Å². The molecule has 0 radical (unpaired) electrons. The van der Waals surface area contributed by atoms with Crippen LogP contribution in [0.15, 0.2) is 40.9 Å². The molecule has 5 nitrogen and oxygen atoms in total. The number of carbonyl (C=O) groups is 1. The van der Waals surface area contributed by atoms with Gasteiger partial charge in [0.2, 0.25) is 0 Å². The van der Waals surface area contributed by atoms with E-state index in [1.807, 2.05) is 44.1 Å². The minimum atomic E-state index is -0.0686. The lowest BCUT2D eigenvalue weighted by Gasteiger charge is -2.15. The normalized spacial score (nSPS) is 15.8. The lowest BCUT2D eigenvalue weighted by molar-refractivity contribution is -0.110. The van der Waals surface area contributed by atoms with Crippen LogP contribution in [0.2, 0.25) is 0 Å². The first kappa shape index (κ1) is 12.5. The van der Waals surface area contributed by atoms with Crippen LogP contribution in [0.4, 0.5) is 5.69 Å². The average Bonchev–Trinajstić information content (AvgIpc) is 3.03. The third-order valence-electron chi connectivity index (χ3n) is 3.51. The number of fused-ring (bicyclic) bond motifs is 1. The highest BCUT2D eigenvalue weighted by Gasteiger charge is 2.27. The Morgan fingerprint density at radius 3 is 2.80 bits per heavy atom. The molecule has 0 fully saturated rings. The van der Waals surface area contributed by atoms with Crippen LogP contribution < -0.4 is 5.32 Å². The summed E-state index contributed by atoms with van der Waals surface area (Å²) in [7, 11) is 3.85. The van der Waals surface area contributed by atoms with Crippen LogP contribution in [0.25, 0.3) is 16.9 Å². The molecule has 5 heteroatoms. The number of rotatable bonds is 2. The summed E-state index contributed by atoms with van der Waals surface area (Å²) in [4.78, 5) is 18.0. The maximum atomic E-state index is 12.1. The molecule has 1 aromatic carbocycles. The third-order valence-corrected chi connectivity index (χ3v) is 3.51. The Kier molecular flexibility index (Phi) is 2.82. The number of oxazole rings is 1. The molecule has 3 rings (SSSR count). The monoisotopic (exact) mass is 269 g/mol. The molecule has 0 unspecified atom stereocenters. The molecular weight excluding hydrogens is 254 g/mol. The highest BCUT2D eigenvalue weighted by Crippen LogP contribution is 2.37. The van der Waals surface area contributed by atoms with Crippen LogP contribution in [-0.2, 0) is 4.79 Å². The third kappa shape index (κ3) is 1.87. The van der Waals surface area contributed by atoms with Gasteiger partial charge in [0.25, 0.3) is 5.91 Å². The Morgan fingerprint density at radius 1 is 1.35 bits per heavy atom. The molecular formula is C15H15N3O2. The summed E-state index contributed by atoms with van der Waals surface area (Å²) in [6.07, 6.45) is 3.06. The predicted octanol–water partition coefficient (Wildman–Crippen LogP) is 2.59.